The minimum atomic E-state index is -4.54. The zero-order chi connectivity index (χ0) is 28.4. The van der Waals surface area contributed by atoms with E-state index in [1.54, 1.807) is 13.0 Å². The summed E-state index contributed by atoms with van der Waals surface area (Å²) in [5, 5.41) is 8.68. The Hall–Kier alpha value is -4.87. The number of methoxy groups -OCH3 is 1. The third kappa shape index (κ3) is 8.59. The average molecular weight is 543 g/mol. The zero-order valence-corrected chi connectivity index (χ0v) is 20.9. The van der Waals surface area contributed by atoms with Gasteiger partial charge < -0.3 is 20.1 Å². The molecule has 1 unspecified atom stereocenters. The zero-order valence-electron chi connectivity index (χ0n) is 20.9. The fraction of sp³-hybridized carbons (Fsp3) is 0.185. The van der Waals surface area contributed by atoms with Gasteiger partial charge in [0.1, 0.15) is 0 Å². The first kappa shape index (κ1) is 28.7. The third-order valence-corrected chi connectivity index (χ3v) is 5.25. The van der Waals surface area contributed by atoms with Gasteiger partial charge in [-0.25, -0.2) is 5.43 Å². The molecular formula is C27H25F3N4O5. The lowest BCUT2D eigenvalue weighted by Crippen LogP contribution is -2.39. The topological polar surface area (TPSA) is 118 Å². The van der Waals surface area contributed by atoms with E-state index in [-0.39, 0.29) is 23.2 Å². The number of benzene rings is 3. The molecule has 9 nitrogen and oxygen atoms in total. The summed E-state index contributed by atoms with van der Waals surface area (Å²) in [5.41, 5.74) is 2.54. The van der Waals surface area contributed by atoms with E-state index < -0.39 is 36.1 Å². The number of hydrazone groups is 1. The Balaban J connectivity index is 1.52. The lowest BCUT2D eigenvalue weighted by atomic mass is 10.1. The molecule has 1 atom stereocenters. The van der Waals surface area contributed by atoms with Crippen LogP contribution in [-0.2, 0) is 20.6 Å². The summed E-state index contributed by atoms with van der Waals surface area (Å²) >= 11 is 0. The van der Waals surface area contributed by atoms with Crippen LogP contribution in [0.15, 0.2) is 77.9 Å². The van der Waals surface area contributed by atoms with Gasteiger partial charge in [-0.05, 0) is 54.4 Å². The Morgan fingerprint density at radius 2 is 1.69 bits per heavy atom. The van der Waals surface area contributed by atoms with Crippen LogP contribution in [0.5, 0.6) is 11.5 Å². The highest BCUT2D eigenvalue weighted by molar-refractivity contribution is 6.35. The summed E-state index contributed by atoms with van der Waals surface area (Å²) < 4.78 is 49.2. The van der Waals surface area contributed by atoms with E-state index in [0.717, 1.165) is 17.7 Å². The highest BCUT2D eigenvalue weighted by atomic mass is 19.4. The van der Waals surface area contributed by atoms with Gasteiger partial charge in [-0.3, -0.25) is 14.4 Å². The molecule has 3 N–H and O–H groups in total. The molecule has 3 aromatic rings. The average Bonchev–Trinajstić information content (AvgIpc) is 2.92. The number of carbonyl (C=O) groups excluding carboxylic acids is 3. The van der Waals surface area contributed by atoms with Crippen LogP contribution in [-0.4, -0.2) is 37.7 Å². The van der Waals surface area contributed by atoms with Crippen molar-refractivity contribution >= 4 is 29.6 Å². The number of hydrogen-bond donors (Lipinski definition) is 3. The van der Waals surface area contributed by atoms with Crippen LogP contribution in [0.1, 0.15) is 29.7 Å². The fourth-order valence-corrected chi connectivity index (χ4v) is 3.30. The second-order valence-corrected chi connectivity index (χ2v) is 8.13. The summed E-state index contributed by atoms with van der Waals surface area (Å²) in [7, 11) is 1.37. The molecule has 0 radical (unpaired) electrons. The van der Waals surface area contributed by atoms with Crippen molar-refractivity contribution in [2.24, 2.45) is 5.10 Å². The number of nitrogens with one attached hydrogen (secondary N) is 3. The van der Waals surface area contributed by atoms with Crippen LogP contribution in [0.2, 0.25) is 0 Å². The van der Waals surface area contributed by atoms with Crippen molar-refractivity contribution in [3.8, 4) is 11.5 Å². The van der Waals surface area contributed by atoms with Gasteiger partial charge in [0.05, 0.1) is 24.9 Å². The number of halogens is 3. The molecule has 0 aliphatic carbocycles. The maximum Gasteiger partial charge on any atom is 0.416 e. The number of hydrogen-bond acceptors (Lipinski definition) is 6. The van der Waals surface area contributed by atoms with Gasteiger partial charge in [0.2, 0.25) is 0 Å². The van der Waals surface area contributed by atoms with E-state index >= 15 is 0 Å². The Morgan fingerprint density at radius 3 is 2.38 bits per heavy atom. The van der Waals surface area contributed by atoms with Crippen LogP contribution in [0.25, 0.3) is 0 Å². The fourth-order valence-electron chi connectivity index (χ4n) is 3.30. The molecule has 39 heavy (non-hydrogen) atoms. The van der Waals surface area contributed by atoms with E-state index in [2.05, 4.69) is 21.2 Å². The number of ether oxygens (including phenoxy) is 2. The lowest BCUT2D eigenvalue weighted by Gasteiger charge is -2.13. The SMILES string of the molecule is COc1cc(C=NNC(=O)C(=O)NC(C)c2ccccc2)ccc1OCC(=O)Nc1cccc(C(F)(F)F)c1. The van der Waals surface area contributed by atoms with Crippen LogP contribution in [0.4, 0.5) is 18.9 Å². The van der Waals surface area contributed by atoms with Crippen molar-refractivity contribution in [2.75, 3.05) is 19.0 Å². The largest absolute Gasteiger partial charge is 0.493 e. The Kier molecular flexibility index (Phi) is 9.63. The summed E-state index contributed by atoms with van der Waals surface area (Å²) in [6, 6.07) is 17.5. The van der Waals surface area contributed by atoms with E-state index in [0.29, 0.717) is 5.56 Å². The normalized spacial score (nSPS) is 11.9. The summed E-state index contributed by atoms with van der Waals surface area (Å²) in [6.07, 6.45) is -3.26. The monoisotopic (exact) mass is 542 g/mol. The molecule has 3 rings (SSSR count). The van der Waals surface area contributed by atoms with Gasteiger partial charge in [-0.1, -0.05) is 36.4 Å². The summed E-state index contributed by atoms with van der Waals surface area (Å²) in [6.45, 7) is 1.25. The molecule has 0 fully saturated rings. The maximum atomic E-state index is 12.8. The van der Waals surface area contributed by atoms with Crippen LogP contribution in [0.3, 0.4) is 0 Å². The van der Waals surface area contributed by atoms with Gasteiger partial charge in [0, 0.05) is 5.69 Å². The number of amides is 3. The van der Waals surface area contributed by atoms with Crippen LogP contribution >= 0.6 is 0 Å². The number of anilines is 1. The molecule has 3 aromatic carbocycles. The van der Waals surface area contributed by atoms with Crippen molar-refractivity contribution < 1.29 is 37.0 Å². The smallest absolute Gasteiger partial charge is 0.416 e. The highest BCUT2D eigenvalue weighted by Crippen LogP contribution is 2.31. The molecule has 0 saturated heterocycles. The first-order valence-corrected chi connectivity index (χ1v) is 11.5. The molecule has 0 aromatic heterocycles. The molecule has 0 bridgehead atoms. The second kappa shape index (κ2) is 13.1. The Morgan fingerprint density at radius 1 is 0.949 bits per heavy atom. The van der Waals surface area contributed by atoms with Gasteiger partial charge in [-0.2, -0.15) is 18.3 Å². The molecule has 0 saturated carbocycles. The first-order chi connectivity index (χ1) is 18.6. The number of rotatable bonds is 9. The van der Waals surface area contributed by atoms with E-state index in [1.165, 1.54) is 37.6 Å². The Bertz CT molecular complexity index is 1350. The van der Waals surface area contributed by atoms with Crippen LogP contribution < -0.4 is 25.5 Å². The molecule has 3 amide bonds. The Labute approximate surface area is 222 Å². The molecule has 0 aliphatic rings. The predicted molar refractivity (Wildman–Crippen MR) is 137 cm³/mol. The second-order valence-electron chi connectivity index (χ2n) is 8.13. The molecule has 204 valence electrons. The molecule has 12 heteroatoms. The molecular weight excluding hydrogens is 517 g/mol. The quantitative estimate of drug-likeness (QED) is 0.214. The maximum absolute atomic E-state index is 12.8. The van der Waals surface area contributed by atoms with Crippen molar-refractivity contribution in [3.63, 3.8) is 0 Å². The van der Waals surface area contributed by atoms with Crippen molar-refractivity contribution in [2.45, 2.75) is 19.1 Å². The lowest BCUT2D eigenvalue weighted by molar-refractivity contribution is -0.139. The third-order valence-electron chi connectivity index (χ3n) is 5.25. The van der Waals surface area contributed by atoms with Gasteiger partial charge in [0.15, 0.2) is 18.1 Å². The first-order valence-electron chi connectivity index (χ1n) is 11.5. The molecule has 0 spiro atoms. The van der Waals surface area contributed by atoms with Crippen LogP contribution in [0, 0.1) is 0 Å². The molecule has 0 heterocycles. The summed E-state index contributed by atoms with van der Waals surface area (Å²) in [5.74, 6) is -2.07. The number of carbonyl (C=O) groups is 3. The van der Waals surface area contributed by atoms with Gasteiger partial charge in [-0.15, -0.1) is 0 Å². The standard InChI is InChI=1S/C27H25F3N4O5/c1-17(19-7-4-3-5-8-19)32-25(36)26(37)34-31-15-18-11-12-22(23(13-18)38-2)39-16-24(35)33-21-10-6-9-20(14-21)27(28,29)30/h3-15,17H,16H2,1-2H3,(H,32,36)(H,33,35)(H,34,37). The van der Waals surface area contributed by atoms with E-state index in [9.17, 15) is 27.6 Å². The number of alkyl halides is 3. The van der Waals surface area contributed by atoms with Gasteiger partial charge in [0.25, 0.3) is 5.91 Å². The van der Waals surface area contributed by atoms with Gasteiger partial charge >= 0.3 is 18.0 Å². The minimum absolute atomic E-state index is 0.0257. The van der Waals surface area contributed by atoms with E-state index in [1.807, 2.05) is 30.3 Å². The predicted octanol–water partition coefficient (Wildman–Crippen LogP) is 4.06. The van der Waals surface area contributed by atoms with Crippen molar-refractivity contribution in [1.82, 2.24) is 10.7 Å². The van der Waals surface area contributed by atoms with Crippen molar-refractivity contribution in [1.29, 1.82) is 0 Å². The highest BCUT2D eigenvalue weighted by Gasteiger charge is 2.30. The van der Waals surface area contributed by atoms with Crippen molar-refractivity contribution in [3.05, 3.63) is 89.5 Å². The van der Waals surface area contributed by atoms with E-state index in [4.69, 9.17) is 9.47 Å². The number of nitrogens with zero attached hydrogens (tertiary/aromatic N) is 1. The minimum Gasteiger partial charge on any atom is -0.493 e. The summed E-state index contributed by atoms with van der Waals surface area (Å²) in [4.78, 5) is 36.3. The molecule has 0 aliphatic heterocycles.